The van der Waals surface area contributed by atoms with Crippen LogP contribution in [0.1, 0.15) is 61.6 Å². The van der Waals surface area contributed by atoms with Gasteiger partial charge in [-0.1, -0.05) is 24.3 Å². The molecule has 0 spiro atoms. The molecular weight excluding hydrogens is 248 g/mol. The van der Waals surface area contributed by atoms with Crippen molar-refractivity contribution in [3.63, 3.8) is 0 Å². The number of likely N-dealkylation sites (tertiary alicyclic amines) is 1. The standard InChI is InChI=1S/C17H22N2O/c18-15-9-10-16(20)19(12-7-8-12)17(15)14-4-2-1-3-13(14)11-5-6-11/h1-4,11-12,15,17H,5-10,18H2. The first-order valence-corrected chi connectivity index (χ1v) is 7.91. The van der Waals surface area contributed by atoms with E-state index in [1.54, 1.807) is 0 Å². The molecule has 2 unspecified atom stereocenters. The molecule has 1 heterocycles. The van der Waals surface area contributed by atoms with Gasteiger partial charge in [-0.2, -0.15) is 0 Å². The van der Waals surface area contributed by atoms with Gasteiger partial charge in [0.25, 0.3) is 0 Å². The Morgan fingerprint density at radius 3 is 2.35 bits per heavy atom. The summed E-state index contributed by atoms with van der Waals surface area (Å²) in [5.41, 5.74) is 9.18. The number of nitrogens with two attached hydrogens (primary N) is 1. The molecule has 2 atom stereocenters. The van der Waals surface area contributed by atoms with Crippen LogP contribution in [0.4, 0.5) is 0 Å². The van der Waals surface area contributed by atoms with Gasteiger partial charge in [-0.15, -0.1) is 0 Å². The lowest BCUT2D eigenvalue weighted by Crippen LogP contribution is -2.50. The van der Waals surface area contributed by atoms with E-state index < -0.39 is 0 Å². The Hall–Kier alpha value is -1.35. The third-order valence-electron chi connectivity index (χ3n) is 4.96. The van der Waals surface area contributed by atoms with Crippen molar-refractivity contribution in [2.45, 2.75) is 62.6 Å². The lowest BCUT2D eigenvalue weighted by Gasteiger charge is -2.41. The van der Waals surface area contributed by atoms with Crippen molar-refractivity contribution in [1.82, 2.24) is 4.90 Å². The molecule has 3 heteroatoms. The van der Waals surface area contributed by atoms with E-state index in [4.69, 9.17) is 5.73 Å². The maximum absolute atomic E-state index is 12.4. The highest BCUT2D eigenvalue weighted by atomic mass is 16.2. The molecule has 3 fully saturated rings. The number of hydrogen-bond donors (Lipinski definition) is 1. The van der Waals surface area contributed by atoms with Crippen molar-refractivity contribution in [2.75, 3.05) is 0 Å². The molecule has 1 amide bonds. The van der Waals surface area contributed by atoms with Crippen molar-refractivity contribution >= 4 is 5.91 Å². The van der Waals surface area contributed by atoms with Crippen LogP contribution in [-0.4, -0.2) is 22.9 Å². The first-order valence-electron chi connectivity index (χ1n) is 7.91. The first kappa shape index (κ1) is 12.4. The molecular formula is C17H22N2O. The van der Waals surface area contributed by atoms with E-state index in [1.165, 1.54) is 24.0 Å². The minimum absolute atomic E-state index is 0.0909. The van der Waals surface area contributed by atoms with Crippen LogP contribution in [0.2, 0.25) is 0 Å². The van der Waals surface area contributed by atoms with Crippen LogP contribution >= 0.6 is 0 Å². The van der Waals surface area contributed by atoms with Crippen molar-refractivity contribution < 1.29 is 4.79 Å². The Morgan fingerprint density at radius 2 is 1.70 bits per heavy atom. The molecule has 106 valence electrons. The van der Waals surface area contributed by atoms with Gasteiger partial charge >= 0.3 is 0 Å². The van der Waals surface area contributed by atoms with E-state index in [9.17, 15) is 4.79 Å². The quantitative estimate of drug-likeness (QED) is 0.918. The minimum Gasteiger partial charge on any atom is -0.331 e. The molecule has 2 aliphatic carbocycles. The summed E-state index contributed by atoms with van der Waals surface area (Å²) in [6.07, 6.45) is 6.33. The largest absolute Gasteiger partial charge is 0.331 e. The average molecular weight is 270 g/mol. The summed E-state index contributed by atoms with van der Waals surface area (Å²) < 4.78 is 0. The molecule has 1 aromatic carbocycles. The molecule has 4 rings (SSSR count). The van der Waals surface area contributed by atoms with Gasteiger partial charge < -0.3 is 10.6 Å². The zero-order valence-corrected chi connectivity index (χ0v) is 11.8. The van der Waals surface area contributed by atoms with Gasteiger partial charge in [0.05, 0.1) is 6.04 Å². The topological polar surface area (TPSA) is 46.3 Å². The Bertz CT molecular complexity index is 534. The second kappa shape index (κ2) is 4.59. The average Bonchev–Trinajstić information content (AvgIpc) is 3.33. The predicted molar refractivity (Wildman–Crippen MR) is 78.2 cm³/mol. The summed E-state index contributed by atoms with van der Waals surface area (Å²) in [7, 11) is 0. The van der Waals surface area contributed by atoms with E-state index in [2.05, 4.69) is 29.2 Å². The molecule has 2 saturated carbocycles. The molecule has 3 nitrogen and oxygen atoms in total. The highest BCUT2D eigenvalue weighted by molar-refractivity contribution is 5.78. The molecule has 0 aromatic heterocycles. The van der Waals surface area contributed by atoms with Crippen LogP contribution in [0.3, 0.4) is 0 Å². The zero-order chi connectivity index (χ0) is 13.7. The van der Waals surface area contributed by atoms with Crippen LogP contribution in [0.25, 0.3) is 0 Å². The van der Waals surface area contributed by atoms with Crippen molar-refractivity contribution in [1.29, 1.82) is 0 Å². The molecule has 20 heavy (non-hydrogen) atoms. The molecule has 1 aromatic rings. The van der Waals surface area contributed by atoms with Crippen LogP contribution in [0.15, 0.2) is 24.3 Å². The van der Waals surface area contributed by atoms with E-state index in [0.717, 1.165) is 19.3 Å². The summed E-state index contributed by atoms with van der Waals surface area (Å²) in [5, 5.41) is 0. The highest BCUT2D eigenvalue weighted by Gasteiger charge is 2.44. The number of carbonyl (C=O) groups excluding carboxylic acids is 1. The third kappa shape index (κ3) is 2.05. The van der Waals surface area contributed by atoms with Crippen LogP contribution in [0.5, 0.6) is 0 Å². The second-order valence-corrected chi connectivity index (χ2v) is 6.58. The lowest BCUT2D eigenvalue weighted by atomic mass is 9.86. The van der Waals surface area contributed by atoms with Gasteiger partial charge in [0.1, 0.15) is 0 Å². The number of nitrogens with zero attached hydrogens (tertiary/aromatic N) is 1. The Morgan fingerprint density at radius 1 is 1.00 bits per heavy atom. The lowest BCUT2D eigenvalue weighted by molar-refractivity contribution is -0.138. The summed E-state index contributed by atoms with van der Waals surface area (Å²) in [4.78, 5) is 14.5. The molecule has 2 N–H and O–H groups in total. The van der Waals surface area contributed by atoms with Crippen LogP contribution in [0, 0.1) is 0 Å². The molecule has 1 saturated heterocycles. The summed E-state index contributed by atoms with van der Waals surface area (Å²) in [5.74, 6) is 1.02. The van der Waals surface area contributed by atoms with E-state index >= 15 is 0 Å². The smallest absolute Gasteiger partial charge is 0.223 e. The van der Waals surface area contributed by atoms with E-state index in [0.29, 0.717) is 24.3 Å². The number of rotatable bonds is 3. The van der Waals surface area contributed by atoms with Crippen LogP contribution < -0.4 is 5.73 Å². The maximum Gasteiger partial charge on any atom is 0.223 e. The van der Waals surface area contributed by atoms with Gasteiger partial charge in [0.15, 0.2) is 0 Å². The third-order valence-corrected chi connectivity index (χ3v) is 4.96. The van der Waals surface area contributed by atoms with E-state index in [1.807, 2.05) is 0 Å². The van der Waals surface area contributed by atoms with Gasteiger partial charge in [0.2, 0.25) is 5.91 Å². The highest BCUT2D eigenvalue weighted by Crippen LogP contribution is 2.47. The van der Waals surface area contributed by atoms with Crippen LogP contribution in [-0.2, 0) is 4.79 Å². The van der Waals surface area contributed by atoms with Gasteiger partial charge in [0, 0.05) is 18.5 Å². The van der Waals surface area contributed by atoms with Gasteiger partial charge in [-0.05, 0) is 49.1 Å². The summed E-state index contributed by atoms with van der Waals surface area (Å²) in [6.45, 7) is 0. The van der Waals surface area contributed by atoms with Gasteiger partial charge in [-0.3, -0.25) is 4.79 Å². The predicted octanol–water partition coefficient (Wildman–Crippen LogP) is 2.72. The summed E-state index contributed by atoms with van der Waals surface area (Å²) >= 11 is 0. The minimum atomic E-state index is 0.0909. The fourth-order valence-corrected chi connectivity index (χ4v) is 3.65. The van der Waals surface area contributed by atoms with Crippen molar-refractivity contribution in [2.24, 2.45) is 5.73 Å². The number of amides is 1. The fourth-order valence-electron chi connectivity index (χ4n) is 3.65. The molecule has 1 aliphatic heterocycles. The Kier molecular flexibility index (Phi) is 2.84. The van der Waals surface area contributed by atoms with Crippen molar-refractivity contribution in [3.8, 4) is 0 Å². The molecule has 3 aliphatic rings. The zero-order valence-electron chi connectivity index (χ0n) is 11.8. The van der Waals surface area contributed by atoms with Gasteiger partial charge in [-0.25, -0.2) is 0 Å². The number of carbonyl (C=O) groups is 1. The Balaban J connectivity index is 1.75. The Labute approximate surface area is 120 Å². The van der Waals surface area contributed by atoms with Crippen molar-refractivity contribution in [3.05, 3.63) is 35.4 Å². The normalized spacial score (nSPS) is 30.6. The van der Waals surface area contributed by atoms with E-state index in [-0.39, 0.29) is 12.1 Å². The number of benzene rings is 1. The summed E-state index contributed by atoms with van der Waals surface area (Å²) in [6, 6.07) is 9.31. The molecule has 0 radical (unpaired) electrons. The maximum atomic E-state index is 12.4. The number of piperidine rings is 1. The molecule has 0 bridgehead atoms. The second-order valence-electron chi connectivity index (χ2n) is 6.58. The fraction of sp³-hybridized carbons (Fsp3) is 0.588. The first-order chi connectivity index (χ1) is 9.75. The number of hydrogen-bond acceptors (Lipinski definition) is 2. The SMILES string of the molecule is NC1CCC(=O)N(C2CC2)C1c1ccccc1C1CC1. The monoisotopic (exact) mass is 270 g/mol.